The van der Waals surface area contributed by atoms with Crippen molar-refractivity contribution in [3.63, 3.8) is 0 Å². The van der Waals surface area contributed by atoms with Crippen molar-refractivity contribution in [3.8, 4) is 0 Å². The molecule has 3 heteroatoms. The Morgan fingerprint density at radius 2 is 2.00 bits per heavy atom. The Balaban J connectivity index is 1.76. The van der Waals surface area contributed by atoms with Gasteiger partial charge in [-0.05, 0) is 43.7 Å². The molecule has 1 fully saturated rings. The molecule has 1 atom stereocenters. The zero-order valence-corrected chi connectivity index (χ0v) is 12.8. The monoisotopic (exact) mass is 274 g/mol. The molecule has 1 aromatic rings. The third-order valence-electron chi connectivity index (χ3n) is 4.09. The van der Waals surface area contributed by atoms with E-state index in [1.165, 1.54) is 24.8 Å². The van der Waals surface area contributed by atoms with E-state index in [0.717, 1.165) is 12.1 Å². The standard InChI is InChI=1S/C17H26N2O/c1-13-6-8-14(9-7-13)19-16(20)12-18-15-5-4-10-17(2,3)11-15/h6-9,15,18H,4-5,10-12H2,1-3H3,(H,19,20). The first kappa shape index (κ1) is 15.0. The van der Waals surface area contributed by atoms with Gasteiger partial charge in [0.2, 0.25) is 5.91 Å². The lowest BCUT2D eigenvalue weighted by molar-refractivity contribution is -0.115. The Labute approximate surface area is 122 Å². The van der Waals surface area contributed by atoms with Crippen LogP contribution in [0.3, 0.4) is 0 Å². The van der Waals surface area contributed by atoms with E-state index in [9.17, 15) is 4.79 Å². The summed E-state index contributed by atoms with van der Waals surface area (Å²) in [4.78, 5) is 11.9. The molecular formula is C17H26N2O. The molecular weight excluding hydrogens is 248 g/mol. The summed E-state index contributed by atoms with van der Waals surface area (Å²) >= 11 is 0. The Hall–Kier alpha value is -1.35. The first-order chi connectivity index (χ1) is 9.44. The van der Waals surface area contributed by atoms with Crippen LogP contribution < -0.4 is 10.6 Å². The van der Waals surface area contributed by atoms with E-state index in [-0.39, 0.29) is 5.91 Å². The second-order valence-electron chi connectivity index (χ2n) is 6.75. The van der Waals surface area contributed by atoms with E-state index < -0.39 is 0 Å². The molecule has 20 heavy (non-hydrogen) atoms. The van der Waals surface area contributed by atoms with Crippen LogP contribution in [0, 0.1) is 12.3 Å². The lowest BCUT2D eigenvalue weighted by Gasteiger charge is -2.35. The summed E-state index contributed by atoms with van der Waals surface area (Å²) in [6.07, 6.45) is 4.89. The number of anilines is 1. The topological polar surface area (TPSA) is 41.1 Å². The summed E-state index contributed by atoms with van der Waals surface area (Å²) in [7, 11) is 0. The average Bonchev–Trinajstić information content (AvgIpc) is 2.38. The van der Waals surface area contributed by atoms with Crippen LogP contribution in [0.2, 0.25) is 0 Å². The average molecular weight is 274 g/mol. The van der Waals surface area contributed by atoms with Crippen molar-refractivity contribution < 1.29 is 4.79 Å². The highest BCUT2D eigenvalue weighted by molar-refractivity contribution is 5.92. The second kappa shape index (κ2) is 6.40. The van der Waals surface area contributed by atoms with Crippen LogP contribution >= 0.6 is 0 Å². The fraction of sp³-hybridized carbons (Fsp3) is 0.588. The molecule has 0 bridgehead atoms. The Morgan fingerprint density at radius 3 is 2.65 bits per heavy atom. The first-order valence-electron chi connectivity index (χ1n) is 7.54. The molecule has 3 nitrogen and oxygen atoms in total. The van der Waals surface area contributed by atoms with E-state index in [2.05, 4.69) is 24.5 Å². The Morgan fingerprint density at radius 1 is 1.30 bits per heavy atom. The van der Waals surface area contributed by atoms with E-state index in [4.69, 9.17) is 0 Å². The molecule has 0 heterocycles. The van der Waals surface area contributed by atoms with Gasteiger partial charge in [0, 0.05) is 11.7 Å². The fourth-order valence-corrected chi connectivity index (χ4v) is 2.95. The molecule has 2 N–H and O–H groups in total. The molecule has 0 saturated heterocycles. The Bertz CT molecular complexity index is 451. The van der Waals surface area contributed by atoms with Crippen LogP contribution in [0.25, 0.3) is 0 Å². The summed E-state index contributed by atoms with van der Waals surface area (Å²) in [5, 5.41) is 6.32. The van der Waals surface area contributed by atoms with Gasteiger partial charge in [-0.1, -0.05) is 38.0 Å². The smallest absolute Gasteiger partial charge is 0.238 e. The Kier molecular flexibility index (Phi) is 4.81. The largest absolute Gasteiger partial charge is 0.325 e. The van der Waals surface area contributed by atoms with Gasteiger partial charge < -0.3 is 10.6 Å². The maximum Gasteiger partial charge on any atom is 0.238 e. The van der Waals surface area contributed by atoms with Crippen LogP contribution in [0.15, 0.2) is 24.3 Å². The number of hydrogen-bond acceptors (Lipinski definition) is 2. The van der Waals surface area contributed by atoms with Crippen molar-refractivity contribution in [2.75, 3.05) is 11.9 Å². The number of rotatable bonds is 4. The van der Waals surface area contributed by atoms with Gasteiger partial charge in [0.15, 0.2) is 0 Å². The van der Waals surface area contributed by atoms with Crippen LogP contribution in [-0.2, 0) is 4.79 Å². The highest BCUT2D eigenvalue weighted by Crippen LogP contribution is 2.34. The molecule has 110 valence electrons. The molecule has 0 aromatic heterocycles. The number of aryl methyl sites for hydroxylation is 1. The van der Waals surface area contributed by atoms with Crippen LogP contribution in [0.1, 0.15) is 45.1 Å². The van der Waals surface area contributed by atoms with Crippen molar-refractivity contribution in [3.05, 3.63) is 29.8 Å². The molecule has 1 aliphatic rings. The molecule has 1 aliphatic carbocycles. The van der Waals surface area contributed by atoms with Gasteiger partial charge in [0.1, 0.15) is 0 Å². The van der Waals surface area contributed by atoms with Gasteiger partial charge >= 0.3 is 0 Å². The van der Waals surface area contributed by atoms with Crippen molar-refractivity contribution in [2.24, 2.45) is 5.41 Å². The fourth-order valence-electron chi connectivity index (χ4n) is 2.95. The van der Waals surface area contributed by atoms with E-state index in [1.54, 1.807) is 0 Å². The molecule has 0 spiro atoms. The van der Waals surface area contributed by atoms with Gasteiger partial charge in [-0.3, -0.25) is 4.79 Å². The third kappa shape index (κ3) is 4.64. The zero-order valence-electron chi connectivity index (χ0n) is 12.8. The number of nitrogens with one attached hydrogen (secondary N) is 2. The quantitative estimate of drug-likeness (QED) is 0.882. The number of carbonyl (C=O) groups is 1. The van der Waals surface area contributed by atoms with Crippen LogP contribution in [0.5, 0.6) is 0 Å². The first-order valence-corrected chi connectivity index (χ1v) is 7.54. The molecule has 1 saturated carbocycles. The molecule has 1 unspecified atom stereocenters. The predicted octanol–water partition coefficient (Wildman–Crippen LogP) is 3.49. The van der Waals surface area contributed by atoms with Gasteiger partial charge in [-0.2, -0.15) is 0 Å². The second-order valence-corrected chi connectivity index (χ2v) is 6.75. The predicted molar refractivity (Wildman–Crippen MR) is 83.8 cm³/mol. The van der Waals surface area contributed by atoms with E-state index in [0.29, 0.717) is 18.0 Å². The summed E-state index contributed by atoms with van der Waals surface area (Å²) in [5.74, 6) is 0.0391. The van der Waals surface area contributed by atoms with E-state index in [1.807, 2.05) is 31.2 Å². The summed E-state index contributed by atoms with van der Waals surface area (Å²) in [6, 6.07) is 8.37. The lowest BCUT2D eigenvalue weighted by Crippen LogP contribution is -2.41. The minimum absolute atomic E-state index is 0.0391. The van der Waals surface area contributed by atoms with Crippen molar-refractivity contribution in [1.29, 1.82) is 0 Å². The molecule has 1 aromatic carbocycles. The third-order valence-corrected chi connectivity index (χ3v) is 4.09. The van der Waals surface area contributed by atoms with Crippen molar-refractivity contribution >= 4 is 11.6 Å². The highest BCUT2D eigenvalue weighted by atomic mass is 16.1. The maximum absolute atomic E-state index is 11.9. The molecule has 0 radical (unpaired) electrons. The van der Waals surface area contributed by atoms with Gasteiger partial charge in [-0.25, -0.2) is 0 Å². The molecule has 0 aliphatic heterocycles. The summed E-state index contributed by atoms with van der Waals surface area (Å²) in [5.41, 5.74) is 2.47. The molecule has 1 amide bonds. The summed E-state index contributed by atoms with van der Waals surface area (Å²) in [6.45, 7) is 7.06. The van der Waals surface area contributed by atoms with Crippen molar-refractivity contribution in [2.45, 2.75) is 52.5 Å². The van der Waals surface area contributed by atoms with Crippen molar-refractivity contribution in [1.82, 2.24) is 5.32 Å². The number of carbonyl (C=O) groups excluding carboxylic acids is 1. The lowest BCUT2D eigenvalue weighted by atomic mass is 9.75. The maximum atomic E-state index is 11.9. The van der Waals surface area contributed by atoms with Gasteiger partial charge in [0.25, 0.3) is 0 Å². The van der Waals surface area contributed by atoms with Crippen LogP contribution in [-0.4, -0.2) is 18.5 Å². The minimum Gasteiger partial charge on any atom is -0.325 e. The highest BCUT2D eigenvalue weighted by Gasteiger charge is 2.27. The number of amides is 1. The van der Waals surface area contributed by atoms with Gasteiger partial charge in [-0.15, -0.1) is 0 Å². The number of hydrogen-bond donors (Lipinski definition) is 2. The number of benzene rings is 1. The van der Waals surface area contributed by atoms with E-state index >= 15 is 0 Å². The van der Waals surface area contributed by atoms with Gasteiger partial charge in [0.05, 0.1) is 6.54 Å². The minimum atomic E-state index is 0.0391. The molecule has 2 rings (SSSR count). The summed E-state index contributed by atoms with van der Waals surface area (Å²) < 4.78 is 0. The van der Waals surface area contributed by atoms with Crippen LogP contribution in [0.4, 0.5) is 5.69 Å². The zero-order chi connectivity index (χ0) is 14.6. The SMILES string of the molecule is Cc1ccc(NC(=O)CNC2CCCC(C)(C)C2)cc1. The normalized spacial score (nSPS) is 21.4.